The molecule has 0 aliphatic carbocycles. The molecule has 0 fully saturated rings. The normalized spacial score (nSPS) is 10.4. The molecular weight excluding hydrogens is 322 g/mol. The van der Waals surface area contributed by atoms with Crippen molar-refractivity contribution in [3.8, 4) is 5.75 Å². The van der Waals surface area contributed by atoms with Gasteiger partial charge in [-0.15, -0.1) is 0 Å². The van der Waals surface area contributed by atoms with Gasteiger partial charge in [0.05, 0.1) is 12.8 Å². The third kappa shape index (κ3) is 4.14. The van der Waals surface area contributed by atoms with Crippen molar-refractivity contribution in [2.45, 2.75) is 6.61 Å². The van der Waals surface area contributed by atoms with Crippen LogP contribution in [-0.4, -0.2) is 34.9 Å². The van der Waals surface area contributed by atoms with Gasteiger partial charge in [-0.3, -0.25) is 9.59 Å². The number of aromatic nitrogens is 2. The number of hydrogen-bond acceptors (Lipinski definition) is 5. The lowest BCUT2D eigenvalue weighted by Gasteiger charge is -2.07. The molecule has 1 aromatic carbocycles. The summed E-state index contributed by atoms with van der Waals surface area (Å²) in [4.78, 5) is 27.5. The molecule has 0 aliphatic heterocycles. The highest BCUT2D eigenvalue weighted by Crippen LogP contribution is 2.15. The van der Waals surface area contributed by atoms with Crippen molar-refractivity contribution in [3.05, 3.63) is 66.1 Å². The Balaban J connectivity index is 1.63. The third-order valence-electron chi connectivity index (χ3n) is 3.52. The summed E-state index contributed by atoms with van der Waals surface area (Å²) >= 11 is 0. The maximum atomic E-state index is 12.0. The predicted molar refractivity (Wildman–Crippen MR) is 90.3 cm³/mol. The van der Waals surface area contributed by atoms with E-state index in [2.05, 4.69) is 15.0 Å². The predicted octanol–water partition coefficient (Wildman–Crippen LogP) is 1.82. The van der Waals surface area contributed by atoms with Crippen molar-refractivity contribution in [3.63, 3.8) is 0 Å². The summed E-state index contributed by atoms with van der Waals surface area (Å²) in [6.07, 6.45) is 3.81. The Hall–Kier alpha value is -3.35. The van der Waals surface area contributed by atoms with Crippen molar-refractivity contribution >= 4 is 17.5 Å². The van der Waals surface area contributed by atoms with Gasteiger partial charge in [0.15, 0.2) is 0 Å². The van der Waals surface area contributed by atoms with Gasteiger partial charge in [0.2, 0.25) is 0 Å². The third-order valence-corrected chi connectivity index (χ3v) is 3.52. The zero-order chi connectivity index (χ0) is 17.6. The van der Waals surface area contributed by atoms with Crippen LogP contribution in [0.3, 0.4) is 0 Å². The highest BCUT2D eigenvalue weighted by Gasteiger charge is 2.09. The molecule has 0 unspecified atom stereocenters. The van der Waals surface area contributed by atoms with Crippen LogP contribution < -0.4 is 10.1 Å². The van der Waals surface area contributed by atoms with Crippen LogP contribution in [0.1, 0.15) is 16.1 Å². The van der Waals surface area contributed by atoms with Crippen LogP contribution in [0, 0.1) is 0 Å². The van der Waals surface area contributed by atoms with Gasteiger partial charge in [0.1, 0.15) is 24.5 Å². The fraction of sp³-hybridized carbons (Fsp3) is 0.167. The highest BCUT2D eigenvalue weighted by atomic mass is 16.5. The van der Waals surface area contributed by atoms with E-state index in [4.69, 9.17) is 4.74 Å². The number of carbonyl (C=O) groups excluding carboxylic acids is 2. The summed E-state index contributed by atoms with van der Waals surface area (Å²) < 4.78 is 12.1. The standard InChI is InChI=1S/C18H17N3O4/c1-24-17(22)10-19-18(23)13-5-4-6-15(9-13)25-12-14-11-21-8-3-2-7-16(21)20-14/h2-9,11H,10,12H2,1H3,(H,19,23). The lowest BCUT2D eigenvalue weighted by molar-refractivity contribution is -0.139. The van der Waals surface area contributed by atoms with Crippen LogP contribution in [0.25, 0.3) is 5.65 Å². The second-order valence-electron chi connectivity index (χ2n) is 5.27. The number of carbonyl (C=O) groups is 2. The molecule has 25 heavy (non-hydrogen) atoms. The molecule has 0 bridgehead atoms. The SMILES string of the molecule is COC(=O)CNC(=O)c1cccc(OCc2cn3ccccc3n2)c1. The van der Waals surface area contributed by atoms with Crippen LogP contribution in [0.5, 0.6) is 5.75 Å². The molecular formula is C18H17N3O4. The monoisotopic (exact) mass is 339 g/mol. The zero-order valence-corrected chi connectivity index (χ0v) is 13.6. The van der Waals surface area contributed by atoms with Crippen molar-refractivity contribution in [1.82, 2.24) is 14.7 Å². The minimum atomic E-state index is -0.507. The van der Waals surface area contributed by atoms with E-state index in [0.29, 0.717) is 11.3 Å². The second-order valence-corrected chi connectivity index (χ2v) is 5.27. The molecule has 2 aromatic heterocycles. The minimum absolute atomic E-state index is 0.179. The van der Waals surface area contributed by atoms with Gasteiger partial charge in [0, 0.05) is 18.0 Å². The number of hydrogen-bond donors (Lipinski definition) is 1. The molecule has 0 saturated carbocycles. The summed E-state index contributed by atoms with van der Waals surface area (Å²) in [6, 6.07) is 12.5. The fourth-order valence-electron chi connectivity index (χ4n) is 2.27. The van der Waals surface area contributed by atoms with E-state index in [9.17, 15) is 9.59 Å². The number of fused-ring (bicyclic) bond motifs is 1. The quantitative estimate of drug-likeness (QED) is 0.693. The van der Waals surface area contributed by atoms with Crippen LogP contribution in [0.15, 0.2) is 54.9 Å². The molecule has 7 nitrogen and oxygen atoms in total. The van der Waals surface area contributed by atoms with E-state index in [-0.39, 0.29) is 19.1 Å². The summed E-state index contributed by atoms with van der Waals surface area (Å²) in [7, 11) is 1.27. The summed E-state index contributed by atoms with van der Waals surface area (Å²) in [5.41, 5.74) is 2.03. The zero-order valence-electron chi connectivity index (χ0n) is 13.6. The number of imidazole rings is 1. The Morgan fingerprint density at radius 2 is 2.08 bits per heavy atom. The van der Waals surface area contributed by atoms with Crippen molar-refractivity contribution in [2.75, 3.05) is 13.7 Å². The van der Waals surface area contributed by atoms with E-state index < -0.39 is 5.97 Å². The van der Waals surface area contributed by atoms with Crippen LogP contribution >= 0.6 is 0 Å². The van der Waals surface area contributed by atoms with Crippen LogP contribution in [-0.2, 0) is 16.1 Å². The van der Waals surface area contributed by atoms with Crippen LogP contribution in [0.2, 0.25) is 0 Å². The molecule has 2 heterocycles. The van der Waals surface area contributed by atoms with Crippen molar-refractivity contribution in [2.24, 2.45) is 0 Å². The summed E-state index contributed by atoms with van der Waals surface area (Å²) in [5.74, 6) is -0.334. The number of nitrogens with zero attached hydrogens (tertiary/aromatic N) is 2. The molecule has 128 valence electrons. The van der Waals surface area contributed by atoms with Gasteiger partial charge in [-0.25, -0.2) is 4.98 Å². The molecule has 1 N–H and O–H groups in total. The highest BCUT2D eigenvalue weighted by molar-refractivity contribution is 5.96. The summed E-state index contributed by atoms with van der Waals surface area (Å²) in [6.45, 7) is 0.108. The van der Waals surface area contributed by atoms with Gasteiger partial charge in [-0.05, 0) is 30.3 Å². The first-order valence-corrected chi connectivity index (χ1v) is 7.66. The fourth-order valence-corrected chi connectivity index (χ4v) is 2.27. The Morgan fingerprint density at radius 1 is 1.20 bits per heavy atom. The van der Waals surface area contributed by atoms with Gasteiger partial charge >= 0.3 is 5.97 Å². The first kappa shape index (κ1) is 16.5. The first-order chi connectivity index (χ1) is 12.2. The number of rotatable bonds is 6. The molecule has 0 spiro atoms. The first-order valence-electron chi connectivity index (χ1n) is 7.66. The topological polar surface area (TPSA) is 81.9 Å². The summed E-state index contributed by atoms with van der Waals surface area (Å²) in [5, 5.41) is 2.48. The van der Waals surface area contributed by atoms with Crippen molar-refractivity contribution in [1.29, 1.82) is 0 Å². The van der Waals surface area contributed by atoms with E-state index in [0.717, 1.165) is 11.3 Å². The molecule has 3 rings (SSSR count). The number of ether oxygens (including phenoxy) is 2. The molecule has 0 saturated heterocycles. The largest absolute Gasteiger partial charge is 0.487 e. The number of esters is 1. The Morgan fingerprint density at radius 3 is 2.88 bits per heavy atom. The van der Waals surface area contributed by atoms with E-state index >= 15 is 0 Å². The number of benzene rings is 1. The number of pyridine rings is 1. The Kier molecular flexibility index (Phi) is 4.94. The van der Waals surface area contributed by atoms with E-state index in [1.54, 1.807) is 24.3 Å². The lowest BCUT2D eigenvalue weighted by Crippen LogP contribution is -2.30. The molecule has 1 amide bonds. The number of amides is 1. The average Bonchev–Trinajstić information content (AvgIpc) is 3.07. The second kappa shape index (κ2) is 7.48. The molecule has 0 aliphatic rings. The van der Waals surface area contributed by atoms with Gasteiger partial charge in [-0.2, -0.15) is 0 Å². The van der Waals surface area contributed by atoms with Gasteiger partial charge < -0.3 is 19.2 Å². The van der Waals surface area contributed by atoms with E-state index in [1.807, 2.05) is 35.0 Å². The lowest BCUT2D eigenvalue weighted by atomic mass is 10.2. The molecule has 0 radical (unpaired) electrons. The maximum Gasteiger partial charge on any atom is 0.325 e. The van der Waals surface area contributed by atoms with Gasteiger partial charge in [0.25, 0.3) is 5.91 Å². The molecule has 7 heteroatoms. The molecule has 0 atom stereocenters. The number of nitrogens with one attached hydrogen (secondary N) is 1. The van der Waals surface area contributed by atoms with Gasteiger partial charge in [-0.1, -0.05) is 12.1 Å². The molecule has 3 aromatic rings. The average molecular weight is 339 g/mol. The number of methoxy groups -OCH3 is 1. The van der Waals surface area contributed by atoms with Crippen molar-refractivity contribution < 1.29 is 19.1 Å². The Bertz CT molecular complexity index is 871. The smallest absolute Gasteiger partial charge is 0.325 e. The minimum Gasteiger partial charge on any atom is -0.487 e. The maximum absolute atomic E-state index is 12.0. The van der Waals surface area contributed by atoms with Crippen LogP contribution in [0.4, 0.5) is 0 Å². The van der Waals surface area contributed by atoms with E-state index in [1.165, 1.54) is 7.11 Å². The Labute approximate surface area is 144 Å².